The lowest BCUT2D eigenvalue weighted by Gasteiger charge is -2.36. The highest BCUT2D eigenvalue weighted by Gasteiger charge is 2.30. The van der Waals surface area contributed by atoms with Crippen molar-refractivity contribution in [3.63, 3.8) is 0 Å². The average molecular weight is 416 g/mol. The summed E-state index contributed by atoms with van der Waals surface area (Å²) in [5.41, 5.74) is 1.52. The molecule has 0 aliphatic heterocycles. The topological polar surface area (TPSA) is 12.5 Å². The maximum atomic E-state index is 15.1. The van der Waals surface area contributed by atoms with Crippen LogP contribution in [0.1, 0.15) is 59.8 Å². The van der Waals surface area contributed by atoms with E-state index >= 15 is 4.39 Å². The Bertz CT molecular complexity index is 833. The molecule has 0 radical (unpaired) electrons. The normalized spacial score (nSPS) is 19.6. The minimum atomic E-state index is -0.530. The fraction of sp³-hybridized carbons (Fsp3) is 0.538. The molecule has 0 N–H and O–H groups in total. The molecule has 0 saturated heterocycles. The summed E-state index contributed by atoms with van der Waals surface area (Å²) in [6, 6.07) is 10.4. The Hall–Kier alpha value is -2.10. The zero-order valence-electron chi connectivity index (χ0n) is 19.0. The second-order valence-corrected chi connectivity index (χ2v) is 9.66. The first-order chi connectivity index (χ1) is 14.2. The van der Waals surface area contributed by atoms with Crippen molar-refractivity contribution in [3.05, 3.63) is 48.0 Å². The molecule has 2 aromatic rings. The SMILES string of the molecule is CCCN(C)c1c(F)ccc(-c2ccc(OC3CCC(C(C)(C)C)CC3)cc2)c1F. The molecule has 4 heteroatoms. The van der Waals surface area contributed by atoms with Crippen LogP contribution in [0.4, 0.5) is 14.5 Å². The van der Waals surface area contributed by atoms with Gasteiger partial charge >= 0.3 is 0 Å². The molecule has 2 aromatic carbocycles. The molecule has 3 rings (SSSR count). The molecular weight excluding hydrogens is 380 g/mol. The van der Waals surface area contributed by atoms with E-state index in [-0.39, 0.29) is 11.8 Å². The van der Waals surface area contributed by atoms with Crippen LogP contribution in [0.5, 0.6) is 5.75 Å². The Morgan fingerprint density at radius 2 is 1.60 bits per heavy atom. The average Bonchev–Trinajstić information content (AvgIpc) is 2.69. The van der Waals surface area contributed by atoms with Crippen LogP contribution in [-0.4, -0.2) is 19.7 Å². The number of hydrogen-bond donors (Lipinski definition) is 0. The van der Waals surface area contributed by atoms with Crippen LogP contribution in [0, 0.1) is 23.0 Å². The van der Waals surface area contributed by atoms with E-state index in [1.807, 2.05) is 31.2 Å². The molecular formula is C26H35F2NO. The van der Waals surface area contributed by atoms with Crippen LogP contribution in [-0.2, 0) is 0 Å². The Labute approximate surface area is 180 Å². The molecule has 0 unspecified atom stereocenters. The van der Waals surface area contributed by atoms with Crippen LogP contribution in [0.2, 0.25) is 0 Å². The molecule has 0 amide bonds. The third-order valence-electron chi connectivity index (χ3n) is 6.37. The first kappa shape index (κ1) is 22.6. The van der Waals surface area contributed by atoms with Gasteiger partial charge in [-0.25, -0.2) is 8.78 Å². The van der Waals surface area contributed by atoms with Crippen molar-refractivity contribution in [1.29, 1.82) is 0 Å². The number of anilines is 1. The summed E-state index contributed by atoms with van der Waals surface area (Å²) in [5, 5.41) is 0. The van der Waals surface area contributed by atoms with E-state index < -0.39 is 11.6 Å². The number of hydrogen-bond acceptors (Lipinski definition) is 2. The van der Waals surface area contributed by atoms with Crippen molar-refractivity contribution in [2.45, 2.75) is 65.9 Å². The Kier molecular flexibility index (Phi) is 7.05. The summed E-state index contributed by atoms with van der Waals surface area (Å²) in [6.07, 6.45) is 5.60. The van der Waals surface area contributed by atoms with Crippen molar-refractivity contribution in [1.82, 2.24) is 0 Å². The summed E-state index contributed by atoms with van der Waals surface area (Å²) in [6.45, 7) is 9.54. The lowest BCUT2D eigenvalue weighted by Crippen LogP contribution is -2.30. The van der Waals surface area contributed by atoms with Crippen LogP contribution in [0.25, 0.3) is 11.1 Å². The lowest BCUT2D eigenvalue weighted by molar-refractivity contribution is 0.0882. The summed E-state index contributed by atoms with van der Waals surface area (Å²) in [7, 11) is 1.72. The van der Waals surface area contributed by atoms with E-state index in [0.717, 1.165) is 36.5 Å². The molecule has 1 aliphatic carbocycles. The summed E-state index contributed by atoms with van der Waals surface area (Å²) in [5.74, 6) is 0.517. The molecule has 2 nitrogen and oxygen atoms in total. The van der Waals surface area contributed by atoms with Gasteiger partial charge in [0.1, 0.15) is 17.3 Å². The van der Waals surface area contributed by atoms with Crippen LogP contribution >= 0.6 is 0 Å². The molecule has 0 bridgehead atoms. The molecule has 0 atom stereocenters. The molecule has 0 heterocycles. The minimum absolute atomic E-state index is 0.0327. The largest absolute Gasteiger partial charge is 0.490 e. The van der Waals surface area contributed by atoms with Gasteiger partial charge in [-0.05, 0) is 73.3 Å². The van der Waals surface area contributed by atoms with Crippen molar-refractivity contribution >= 4 is 5.69 Å². The van der Waals surface area contributed by atoms with Crippen molar-refractivity contribution < 1.29 is 13.5 Å². The van der Waals surface area contributed by atoms with Gasteiger partial charge in [0.2, 0.25) is 0 Å². The van der Waals surface area contributed by atoms with Crippen molar-refractivity contribution in [2.24, 2.45) is 11.3 Å². The third kappa shape index (κ3) is 5.14. The number of ether oxygens (including phenoxy) is 1. The molecule has 1 fully saturated rings. The molecule has 0 spiro atoms. The van der Waals surface area contributed by atoms with E-state index in [9.17, 15) is 4.39 Å². The standard InChI is InChI=1S/C26H35F2NO/c1-6-17-29(5)25-23(27)16-15-22(24(25)28)18-7-11-20(12-8-18)30-21-13-9-19(10-14-21)26(2,3)4/h7-8,11-12,15-16,19,21H,6,9-10,13-14,17H2,1-5H3. The second-order valence-electron chi connectivity index (χ2n) is 9.66. The highest BCUT2D eigenvalue weighted by atomic mass is 19.1. The first-order valence-electron chi connectivity index (χ1n) is 11.2. The summed E-state index contributed by atoms with van der Waals surface area (Å²) in [4.78, 5) is 1.64. The third-order valence-corrected chi connectivity index (χ3v) is 6.37. The second kappa shape index (κ2) is 9.36. The maximum absolute atomic E-state index is 15.1. The van der Waals surface area contributed by atoms with Gasteiger partial charge in [-0.15, -0.1) is 0 Å². The van der Waals surface area contributed by atoms with Gasteiger partial charge in [0.15, 0.2) is 5.82 Å². The van der Waals surface area contributed by atoms with E-state index in [0.29, 0.717) is 17.5 Å². The lowest BCUT2D eigenvalue weighted by atomic mass is 9.72. The minimum Gasteiger partial charge on any atom is -0.490 e. The zero-order valence-corrected chi connectivity index (χ0v) is 19.0. The molecule has 0 aromatic heterocycles. The van der Waals surface area contributed by atoms with Gasteiger partial charge in [-0.2, -0.15) is 0 Å². The monoisotopic (exact) mass is 415 g/mol. The van der Waals surface area contributed by atoms with Crippen LogP contribution in [0.15, 0.2) is 36.4 Å². The van der Waals surface area contributed by atoms with E-state index in [1.54, 1.807) is 11.9 Å². The van der Waals surface area contributed by atoms with Crippen LogP contribution in [0.3, 0.4) is 0 Å². The van der Waals surface area contributed by atoms with Gasteiger partial charge in [-0.3, -0.25) is 0 Å². The first-order valence-corrected chi connectivity index (χ1v) is 11.2. The quantitative estimate of drug-likeness (QED) is 0.485. The molecule has 164 valence electrons. The van der Waals surface area contributed by atoms with E-state index in [1.165, 1.54) is 25.0 Å². The highest BCUT2D eigenvalue weighted by molar-refractivity contribution is 5.70. The van der Waals surface area contributed by atoms with E-state index in [4.69, 9.17) is 4.74 Å². The van der Waals surface area contributed by atoms with E-state index in [2.05, 4.69) is 20.8 Å². The predicted octanol–water partition coefficient (Wildman–Crippen LogP) is 7.46. The van der Waals surface area contributed by atoms with Gasteiger partial charge < -0.3 is 9.64 Å². The zero-order chi connectivity index (χ0) is 21.9. The fourth-order valence-corrected chi connectivity index (χ4v) is 4.51. The van der Waals surface area contributed by atoms with Gasteiger partial charge in [0.25, 0.3) is 0 Å². The van der Waals surface area contributed by atoms with Gasteiger partial charge in [0.05, 0.1) is 6.10 Å². The number of nitrogens with zero attached hydrogens (tertiary/aromatic N) is 1. The number of halogens is 2. The van der Waals surface area contributed by atoms with Crippen LogP contribution < -0.4 is 9.64 Å². The number of rotatable bonds is 6. The summed E-state index contributed by atoms with van der Waals surface area (Å²) < 4.78 is 35.5. The summed E-state index contributed by atoms with van der Waals surface area (Å²) >= 11 is 0. The van der Waals surface area contributed by atoms with Crippen molar-refractivity contribution in [2.75, 3.05) is 18.5 Å². The van der Waals surface area contributed by atoms with Gasteiger partial charge in [-0.1, -0.05) is 39.8 Å². The van der Waals surface area contributed by atoms with Crippen molar-refractivity contribution in [3.8, 4) is 16.9 Å². The Morgan fingerprint density at radius 3 is 2.17 bits per heavy atom. The fourth-order valence-electron chi connectivity index (χ4n) is 4.51. The number of benzene rings is 2. The molecule has 1 saturated carbocycles. The predicted molar refractivity (Wildman–Crippen MR) is 121 cm³/mol. The van der Waals surface area contributed by atoms with Gasteiger partial charge in [0, 0.05) is 19.2 Å². The highest BCUT2D eigenvalue weighted by Crippen LogP contribution is 2.39. The maximum Gasteiger partial charge on any atom is 0.157 e. The Balaban J connectivity index is 1.70. The molecule has 1 aliphatic rings. The molecule has 30 heavy (non-hydrogen) atoms. The smallest absolute Gasteiger partial charge is 0.157 e. The Morgan fingerprint density at radius 1 is 0.967 bits per heavy atom.